The lowest BCUT2D eigenvalue weighted by atomic mass is 10.2. The van der Waals surface area contributed by atoms with Gasteiger partial charge in [0.05, 0.1) is 0 Å². The van der Waals surface area contributed by atoms with Gasteiger partial charge in [0.2, 0.25) is 0 Å². The molecule has 25 heavy (non-hydrogen) atoms. The van der Waals surface area contributed by atoms with Crippen molar-refractivity contribution < 1.29 is 9.53 Å². The zero-order valence-electron chi connectivity index (χ0n) is 13.8. The lowest BCUT2D eigenvalue weighted by Crippen LogP contribution is -2.49. The zero-order chi connectivity index (χ0) is 17.6. The van der Waals surface area contributed by atoms with Crippen molar-refractivity contribution in [3.8, 4) is 5.75 Å². The van der Waals surface area contributed by atoms with Crippen LogP contribution in [0.1, 0.15) is 10.5 Å². The van der Waals surface area contributed by atoms with Crippen LogP contribution < -0.4 is 10.5 Å². The second kappa shape index (κ2) is 8.13. The van der Waals surface area contributed by atoms with Gasteiger partial charge in [0.15, 0.2) is 11.5 Å². The van der Waals surface area contributed by atoms with Gasteiger partial charge in [-0.3, -0.25) is 9.69 Å². The standard InChI is InChI=1S/C17H20ClN5O2/c18-13-1-3-14(4-2-13)25-12-11-22-7-9-23(10-8-22)17(24)15-16(19)21-6-5-20-15/h1-6H,7-12H2,(H2,19,21). The summed E-state index contributed by atoms with van der Waals surface area (Å²) in [5.74, 6) is 0.810. The molecule has 7 nitrogen and oxygen atoms in total. The fourth-order valence-electron chi connectivity index (χ4n) is 2.66. The number of benzene rings is 1. The van der Waals surface area contributed by atoms with Crippen molar-refractivity contribution in [1.29, 1.82) is 0 Å². The van der Waals surface area contributed by atoms with Crippen molar-refractivity contribution in [3.63, 3.8) is 0 Å². The molecular formula is C17H20ClN5O2. The van der Waals surface area contributed by atoms with Crippen LogP contribution in [0.15, 0.2) is 36.7 Å². The Bertz CT molecular complexity index is 717. The molecule has 0 aliphatic carbocycles. The van der Waals surface area contributed by atoms with Crippen molar-refractivity contribution in [2.45, 2.75) is 0 Å². The number of amides is 1. The van der Waals surface area contributed by atoms with Crippen LogP contribution in [0.3, 0.4) is 0 Å². The van der Waals surface area contributed by atoms with E-state index in [0.29, 0.717) is 24.7 Å². The normalized spacial score (nSPS) is 15.2. The number of nitrogen functional groups attached to an aromatic ring is 1. The maximum absolute atomic E-state index is 12.4. The first-order valence-corrected chi connectivity index (χ1v) is 8.48. The van der Waals surface area contributed by atoms with E-state index in [1.165, 1.54) is 12.4 Å². The number of nitrogens with two attached hydrogens (primary N) is 1. The van der Waals surface area contributed by atoms with E-state index in [-0.39, 0.29) is 17.4 Å². The van der Waals surface area contributed by atoms with E-state index in [9.17, 15) is 4.79 Å². The molecule has 1 aliphatic heterocycles. The van der Waals surface area contributed by atoms with Crippen molar-refractivity contribution in [2.24, 2.45) is 0 Å². The molecular weight excluding hydrogens is 342 g/mol. The average molecular weight is 362 g/mol. The predicted molar refractivity (Wildman–Crippen MR) is 95.7 cm³/mol. The van der Waals surface area contributed by atoms with Gasteiger partial charge in [-0.05, 0) is 24.3 Å². The maximum atomic E-state index is 12.4. The molecule has 0 atom stereocenters. The second-order valence-corrected chi connectivity index (χ2v) is 6.16. The minimum absolute atomic E-state index is 0.164. The number of halogens is 1. The third kappa shape index (κ3) is 4.58. The summed E-state index contributed by atoms with van der Waals surface area (Å²) in [6, 6.07) is 7.31. The van der Waals surface area contributed by atoms with Gasteiger partial charge in [-0.1, -0.05) is 11.6 Å². The molecule has 2 N–H and O–H groups in total. The molecule has 1 fully saturated rings. The van der Waals surface area contributed by atoms with Crippen LogP contribution in [0.25, 0.3) is 0 Å². The molecule has 0 unspecified atom stereocenters. The Morgan fingerprint density at radius 3 is 2.48 bits per heavy atom. The molecule has 0 spiro atoms. The van der Waals surface area contributed by atoms with Crippen LogP contribution in [-0.2, 0) is 0 Å². The van der Waals surface area contributed by atoms with Crippen LogP contribution in [0, 0.1) is 0 Å². The highest BCUT2D eigenvalue weighted by Gasteiger charge is 2.24. The highest BCUT2D eigenvalue weighted by atomic mass is 35.5. The summed E-state index contributed by atoms with van der Waals surface area (Å²) in [5.41, 5.74) is 5.95. The summed E-state index contributed by atoms with van der Waals surface area (Å²) >= 11 is 5.85. The highest BCUT2D eigenvalue weighted by molar-refractivity contribution is 6.30. The molecule has 1 aromatic heterocycles. The van der Waals surface area contributed by atoms with Gasteiger partial charge >= 0.3 is 0 Å². The van der Waals surface area contributed by atoms with Crippen molar-refractivity contribution in [3.05, 3.63) is 47.4 Å². The summed E-state index contributed by atoms with van der Waals surface area (Å²) in [5, 5.41) is 0.692. The number of hydrogen-bond donors (Lipinski definition) is 1. The second-order valence-electron chi connectivity index (χ2n) is 5.73. The molecule has 3 rings (SSSR count). The monoisotopic (exact) mass is 361 g/mol. The number of piperazine rings is 1. The topological polar surface area (TPSA) is 84.6 Å². The number of carbonyl (C=O) groups is 1. The summed E-state index contributed by atoms with van der Waals surface area (Å²) in [6.07, 6.45) is 2.96. The number of aromatic nitrogens is 2. The average Bonchev–Trinajstić information content (AvgIpc) is 2.64. The molecule has 8 heteroatoms. The largest absolute Gasteiger partial charge is 0.492 e. The summed E-state index contributed by atoms with van der Waals surface area (Å²) in [6.45, 7) is 4.24. The molecule has 1 aliphatic rings. The molecule has 0 bridgehead atoms. The van der Waals surface area contributed by atoms with Crippen molar-refractivity contribution in [2.75, 3.05) is 45.1 Å². The van der Waals surface area contributed by atoms with E-state index in [1.54, 1.807) is 17.0 Å². The number of anilines is 1. The molecule has 2 aromatic rings. The molecule has 2 heterocycles. The fourth-order valence-corrected chi connectivity index (χ4v) is 2.79. The number of nitrogens with zero attached hydrogens (tertiary/aromatic N) is 4. The first kappa shape index (κ1) is 17.4. The van der Waals surface area contributed by atoms with E-state index >= 15 is 0 Å². The van der Waals surface area contributed by atoms with Gasteiger partial charge < -0.3 is 15.4 Å². The lowest BCUT2D eigenvalue weighted by molar-refractivity contribution is 0.0615. The van der Waals surface area contributed by atoms with Crippen LogP contribution in [0.2, 0.25) is 5.02 Å². The van der Waals surface area contributed by atoms with Gasteiger partial charge in [0.1, 0.15) is 12.4 Å². The van der Waals surface area contributed by atoms with Crippen LogP contribution in [0.5, 0.6) is 5.75 Å². The van der Waals surface area contributed by atoms with Gasteiger partial charge in [-0.2, -0.15) is 0 Å². The van der Waals surface area contributed by atoms with E-state index in [0.717, 1.165) is 25.4 Å². The zero-order valence-corrected chi connectivity index (χ0v) is 14.5. The first-order chi connectivity index (χ1) is 12.1. The van der Waals surface area contributed by atoms with Gasteiger partial charge in [0.25, 0.3) is 5.91 Å². The highest BCUT2D eigenvalue weighted by Crippen LogP contribution is 2.15. The SMILES string of the molecule is Nc1nccnc1C(=O)N1CCN(CCOc2ccc(Cl)cc2)CC1. The summed E-state index contributed by atoms with van der Waals surface area (Å²) < 4.78 is 5.71. The van der Waals surface area contributed by atoms with Crippen LogP contribution >= 0.6 is 11.6 Å². The molecule has 0 radical (unpaired) electrons. The van der Waals surface area contributed by atoms with Crippen LogP contribution in [0.4, 0.5) is 5.82 Å². The molecule has 1 saturated heterocycles. The maximum Gasteiger partial charge on any atom is 0.276 e. The van der Waals surface area contributed by atoms with E-state index < -0.39 is 0 Å². The van der Waals surface area contributed by atoms with Gasteiger partial charge in [-0.25, -0.2) is 9.97 Å². The molecule has 1 aromatic carbocycles. The summed E-state index contributed by atoms with van der Waals surface area (Å²) in [4.78, 5) is 24.4. The van der Waals surface area contributed by atoms with E-state index in [4.69, 9.17) is 22.1 Å². The Balaban J connectivity index is 1.43. The van der Waals surface area contributed by atoms with E-state index in [1.807, 2.05) is 12.1 Å². The van der Waals surface area contributed by atoms with Crippen molar-refractivity contribution in [1.82, 2.24) is 19.8 Å². The number of hydrogen-bond acceptors (Lipinski definition) is 6. The van der Waals surface area contributed by atoms with Crippen molar-refractivity contribution >= 4 is 23.3 Å². The molecule has 0 saturated carbocycles. The Morgan fingerprint density at radius 2 is 1.80 bits per heavy atom. The number of carbonyl (C=O) groups excluding carboxylic acids is 1. The van der Waals surface area contributed by atoms with Gasteiger partial charge in [-0.15, -0.1) is 0 Å². The minimum atomic E-state index is -0.164. The smallest absolute Gasteiger partial charge is 0.276 e. The van der Waals surface area contributed by atoms with Gasteiger partial charge in [0, 0.05) is 50.1 Å². The number of ether oxygens (including phenoxy) is 1. The Morgan fingerprint density at radius 1 is 1.12 bits per heavy atom. The third-order valence-electron chi connectivity index (χ3n) is 4.08. The Hall–Kier alpha value is -2.38. The first-order valence-electron chi connectivity index (χ1n) is 8.10. The Labute approximate surface area is 151 Å². The Kier molecular flexibility index (Phi) is 5.67. The number of rotatable bonds is 5. The summed E-state index contributed by atoms with van der Waals surface area (Å²) in [7, 11) is 0. The molecule has 132 valence electrons. The quantitative estimate of drug-likeness (QED) is 0.869. The molecule has 1 amide bonds. The van der Waals surface area contributed by atoms with E-state index in [2.05, 4.69) is 14.9 Å². The fraction of sp³-hybridized carbons (Fsp3) is 0.353. The predicted octanol–water partition coefficient (Wildman–Crippen LogP) is 1.55. The lowest BCUT2D eigenvalue weighted by Gasteiger charge is -2.34. The third-order valence-corrected chi connectivity index (χ3v) is 4.33. The minimum Gasteiger partial charge on any atom is -0.492 e. The van der Waals surface area contributed by atoms with Crippen LogP contribution in [-0.4, -0.2) is 65.0 Å².